The molecule has 3 unspecified atom stereocenters. The van der Waals surface area contributed by atoms with Crippen LogP contribution in [0, 0.1) is 25.7 Å². The topological polar surface area (TPSA) is 89.3 Å². The van der Waals surface area contributed by atoms with Gasteiger partial charge >= 0.3 is 51.4 Å². The fourth-order valence-electron chi connectivity index (χ4n) is 5.08. The third-order valence-electron chi connectivity index (χ3n) is 6.65. The number of hydrogen-bond donors (Lipinski definition) is 2. The van der Waals surface area contributed by atoms with Gasteiger partial charge in [-0.25, -0.2) is 10.5 Å². The van der Waals surface area contributed by atoms with Crippen LogP contribution in [0.5, 0.6) is 0 Å². The molecule has 214 valence electrons. The van der Waals surface area contributed by atoms with Gasteiger partial charge in [0.2, 0.25) is 0 Å². The second-order valence-corrected chi connectivity index (χ2v) is 9.64. The van der Waals surface area contributed by atoms with E-state index in [0.717, 1.165) is 27.8 Å². The van der Waals surface area contributed by atoms with Crippen molar-refractivity contribution in [3.63, 3.8) is 0 Å². The van der Waals surface area contributed by atoms with Crippen LogP contribution < -0.4 is 62.4 Å². The molecule has 0 saturated carbocycles. The maximum Gasteiger partial charge on any atom is 1.00 e. The summed E-state index contributed by atoms with van der Waals surface area (Å²) in [5.41, 5.74) is 11.5. The predicted molar refractivity (Wildman–Crippen MR) is 162 cm³/mol. The number of nitrogens with one attached hydrogen (secondary N) is 1. The van der Waals surface area contributed by atoms with Gasteiger partial charge < -0.3 is 25.4 Å². The van der Waals surface area contributed by atoms with Crippen LogP contribution in [0.15, 0.2) is 66.2 Å². The molecule has 5 nitrogen and oxygen atoms in total. The number of benzene rings is 3. The summed E-state index contributed by atoms with van der Waals surface area (Å²) in [6.45, 7) is 12.6. The van der Waals surface area contributed by atoms with E-state index in [2.05, 4.69) is 17.7 Å². The third kappa shape index (κ3) is 11.1. The standard InChI is InChI=1S/C29H28ClFN2O.C2H6.2CH2O.K/c1-19-5-3-6-21(13-19)15-23(18-34)28(22-7-4-8-24(30)16-22)29(32)11-12-33-27(17-29)26-10-9-25(31)14-20(26)2;3*1-2;/h3-5,7-10,13-16,27-28,33H,11-12,17,32H2,1-2H3;1-2H3;2*1H2;/q-2;;;;+1/b23-15+;;;;. The second kappa shape index (κ2) is 20.2. The largest absolute Gasteiger partial charge is 1.00 e. The Balaban J connectivity index is 0.00000215. The zero-order valence-corrected chi connectivity index (χ0v) is 28.5. The quantitative estimate of drug-likeness (QED) is 0.255. The molecule has 8 heteroatoms. The SMILES string of the molecule is C=O.C=O.CC.Cc1cc[c-]c(/C=C(\[C-]=O)C(c2cccc(Cl)c2)C2(N)CCNC(c3ccc(F)cc3C)C2)c1.[K+]. The number of carbonyl (C=O) groups is 2. The molecule has 4 rings (SSSR count). The van der Waals surface area contributed by atoms with Gasteiger partial charge in [0.05, 0.1) is 0 Å². The van der Waals surface area contributed by atoms with Crippen LogP contribution in [0.3, 0.4) is 0 Å². The van der Waals surface area contributed by atoms with E-state index in [1.54, 1.807) is 6.07 Å². The molecule has 0 aromatic heterocycles. The Kier molecular flexibility index (Phi) is 19.3. The fraction of sp³-hybridized carbons (Fsp3) is 0.303. The Hall–Kier alpha value is -1.81. The number of aryl methyl sites for hydroxylation is 2. The minimum absolute atomic E-state index is 0. The molecular weight excluding hydrogens is 566 g/mol. The average molecular weight is 604 g/mol. The van der Waals surface area contributed by atoms with Crippen molar-refractivity contribution >= 4 is 37.5 Å². The van der Waals surface area contributed by atoms with Crippen molar-refractivity contribution in [1.82, 2.24) is 5.32 Å². The molecule has 0 amide bonds. The van der Waals surface area contributed by atoms with Gasteiger partial charge in [0.25, 0.3) is 0 Å². The van der Waals surface area contributed by atoms with Crippen molar-refractivity contribution in [3.8, 4) is 0 Å². The molecule has 3 N–H and O–H groups in total. The van der Waals surface area contributed by atoms with Crippen LogP contribution in [0.1, 0.15) is 66.5 Å². The molecule has 1 saturated heterocycles. The number of nitrogens with two attached hydrogens (primary N) is 1. The van der Waals surface area contributed by atoms with Gasteiger partial charge in [-0.05, 0) is 79.5 Å². The molecule has 0 radical (unpaired) electrons. The summed E-state index contributed by atoms with van der Waals surface area (Å²) in [7, 11) is 0. The van der Waals surface area contributed by atoms with Crippen LogP contribution >= 0.6 is 11.6 Å². The molecule has 41 heavy (non-hydrogen) atoms. The molecule has 0 aliphatic carbocycles. The van der Waals surface area contributed by atoms with Crippen molar-refractivity contribution in [2.75, 3.05) is 6.54 Å². The van der Waals surface area contributed by atoms with E-state index in [9.17, 15) is 9.18 Å². The van der Waals surface area contributed by atoms with Crippen molar-refractivity contribution < 1.29 is 70.2 Å². The Labute approximate surface area is 291 Å². The summed E-state index contributed by atoms with van der Waals surface area (Å²) in [5.74, 6) is -0.689. The van der Waals surface area contributed by atoms with E-state index >= 15 is 0 Å². The summed E-state index contributed by atoms with van der Waals surface area (Å²) < 4.78 is 13.7. The van der Waals surface area contributed by atoms with Gasteiger partial charge in [0.15, 0.2) is 0 Å². The van der Waals surface area contributed by atoms with Crippen molar-refractivity contribution in [2.45, 2.75) is 58.0 Å². The molecular formula is C33H38ClFKN2O3-. The Morgan fingerprint density at radius 1 is 1.15 bits per heavy atom. The van der Waals surface area contributed by atoms with Crippen LogP contribution in [0.4, 0.5) is 4.39 Å². The summed E-state index contributed by atoms with van der Waals surface area (Å²) >= 11 is 6.35. The molecule has 0 spiro atoms. The van der Waals surface area contributed by atoms with Gasteiger partial charge in [-0.2, -0.15) is 23.3 Å². The molecule has 1 aliphatic heterocycles. The van der Waals surface area contributed by atoms with Crippen LogP contribution in [-0.4, -0.2) is 31.9 Å². The van der Waals surface area contributed by atoms with Gasteiger partial charge in [0, 0.05) is 16.6 Å². The molecule has 1 aliphatic rings. The zero-order chi connectivity index (χ0) is 30.3. The first kappa shape index (κ1) is 39.2. The van der Waals surface area contributed by atoms with Gasteiger partial charge in [0.1, 0.15) is 19.4 Å². The third-order valence-corrected chi connectivity index (χ3v) is 6.88. The molecule has 3 aromatic rings. The number of hydrogen-bond acceptors (Lipinski definition) is 5. The van der Waals surface area contributed by atoms with Gasteiger partial charge in [-0.1, -0.05) is 50.6 Å². The number of piperidine rings is 1. The van der Waals surface area contributed by atoms with E-state index in [1.165, 1.54) is 12.1 Å². The van der Waals surface area contributed by atoms with Crippen molar-refractivity contribution in [2.24, 2.45) is 5.73 Å². The Bertz CT molecular complexity index is 1270. The van der Waals surface area contributed by atoms with E-state index < -0.39 is 11.5 Å². The maximum absolute atomic E-state index is 13.7. The first-order valence-corrected chi connectivity index (χ1v) is 13.4. The predicted octanol–water partition coefficient (Wildman–Crippen LogP) is 3.66. The molecule has 1 fully saturated rings. The van der Waals surface area contributed by atoms with E-state index in [4.69, 9.17) is 26.9 Å². The zero-order valence-electron chi connectivity index (χ0n) is 24.6. The summed E-state index contributed by atoms with van der Waals surface area (Å²) in [6.07, 6.45) is 5.21. The summed E-state index contributed by atoms with van der Waals surface area (Å²) in [6, 6.07) is 21.2. The van der Waals surface area contributed by atoms with Crippen LogP contribution in [0.2, 0.25) is 5.02 Å². The smallest absolute Gasteiger partial charge is 0.419 e. The van der Waals surface area contributed by atoms with E-state index in [1.807, 2.05) is 89.8 Å². The van der Waals surface area contributed by atoms with Crippen LogP contribution in [-0.2, 0) is 14.4 Å². The summed E-state index contributed by atoms with van der Waals surface area (Å²) in [4.78, 5) is 28.4. The molecule has 3 aromatic carbocycles. The minimum Gasteiger partial charge on any atom is -0.419 e. The number of rotatable bonds is 6. The van der Waals surface area contributed by atoms with E-state index in [0.29, 0.717) is 30.0 Å². The normalized spacial score (nSPS) is 18.4. The average Bonchev–Trinajstić information content (AvgIpc) is 2.96. The van der Waals surface area contributed by atoms with Crippen LogP contribution in [0.25, 0.3) is 6.08 Å². The molecule has 0 bridgehead atoms. The molecule has 1 heterocycles. The van der Waals surface area contributed by atoms with Crippen molar-refractivity contribution in [3.05, 3.63) is 111 Å². The monoisotopic (exact) mass is 603 g/mol. The minimum atomic E-state index is -0.755. The fourth-order valence-corrected chi connectivity index (χ4v) is 5.28. The Morgan fingerprint density at radius 2 is 1.83 bits per heavy atom. The number of carbonyl (C=O) groups excluding carboxylic acids is 3. The van der Waals surface area contributed by atoms with E-state index in [-0.39, 0.29) is 63.2 Å². The number of halogens is 2. The maximum atomic E-state index is 13.7. The summed E-state index contributed by atoms with van der Waals surface area (Å²) in [5, 5.41) is 4.11. The van der Waals surface area contributed by atoms with Crippen molar-refractivity contribution in [1.29, 1.82) is 0 Å². The first-order valence-electron chi connectivity index (χ1n) is 13.0. The second-order valence-electron chi connectivity index (χ2n) is 9.21. The first-order chi connectivity index (χ1) is 19.3. The van der Waals surface area contributed by atoms with Gasteiger partial charge in [-0.3, -0.25) is 0 Å². The van der Waals surface area contributed by atoms with Gasteiger partial charge in [-0.15, -0.1) is 17.7 Å². The molecule has 3 atom stereocenters. The Morgan fingerprint density at radius 3 is 2.41 bits per heavy atom.